The molecule has 0 fully saturated rings. The number of halogens is 6. The highest BCUT2D eigenvalue weighted by atomic mass is 19.4. The molecule has 0 radical (unpaired) electrons. The van der Waals surface area contributed by atoms with Gasteiger partial charge in [-0.1, -0.05) is 12.1 Å². The van der Waals surface area contributed by atoms with Gasteiger partial charge in [0.2, 0.25) is 0 Å². The van der Waals surface area contributed by atoms with Crippen LogP contribution in [0.15, 0.2) is 18.2 Å². The molecule has 0 unspecified atom stereocenters. The van der Waals surface area contributed by atoms with E-state index in [1.54, 1.807) is 0 Å². The summed E-state index contributed by atoms with van der Waals surface area (Å²) in [6, 6.07) is 2.16. The van der Waals surface area contributed by atoms with E-state index < -0.39 is 29.9 Å². The lowest BCUT2D eigenvalue weighted by Gasteiger charge is -2.11. The zero-order valence-electron chi connectivity index (χ0n) is 6.99. The molecule has 84 valence electrons. The number of ether oxygens (including phenoxy) is 1. The Bertz CT molecular complexity index is 345. The molecule has 1 aromatic rings. The Kier molecular flexibility index (Phi) is 3.11. The van der Waals surface area contributed by atoms with Crippen molar-refractivity contribution in [3.8, 4) is 5.75 Å². The van der Waals surface area contributed by atoms with Crippen LogP contribution in [0.3, 0.4) is 0 Å². The van der Waals surface area contributed by atoms with Gasteiger partial charge in [0, 0.05) is 0 Å². The summed E-state index contributed by atoms with van der Waals surface area (Å²) < 4.78 is 75.3. The molecule has 0 aliphatic rings. The molecule has 0 saturated carbocycles. The van der Waals surface area contributed by atoms with Crippen molar-refractivity contribution in [3.63, 3.8) is 0 Å². The quantitative estimate of drug-likeness (QED) is 0.704. The maximum atomic E-state index is 12.9. The van der Waals surface area contributed by atoms with Crippen molar-refractivity contribution in [2.45, 2.75) is 12.8 Å². The summed E-state index contributed by atoms with van der Waals surface area (Å²) in [4.78, 5) is 0. The van der Waals surface area contributed by atoms with Crippen LogP contribution >= 0.6 is 0 Å². The Morgan fingerprint density at radius 1 is 1.13 bits per heavy atom. The van der Waals surface area contributed by atoms with Gasteiger partial charge in [0.15, 0.2) is 11.6 Å². The van der Waals surface area contributed by atoms with E-state index in [-0.39, 0.29) is 0 Å². The Morgan fingerprint density at radius 3 is 2.20 bits per heavy atom. The van der Waals surface area contributed by atoms with Crippen LogP contribution in [0.25, 0.3) is 0 Å². The SMILES string of the molecule is Fc1c(OC(F)(F)F)cccc1C(F)F. The molecule has 1 aromatic carbocycles. The minimum absolute atomic E-state index is 0.620. The third kappa shape index (κ3) is 3.03. The van der Waals surface area contributed by atoms with E-state index >= 15 is 0 Å². The molecule has 0 aliphatic carbocycles. The summed E-state index contributed by atoms with van der Waals surface area (Å²) in [5, 5.41) is 0. The average molecular weight is 230 g/mol. The smallest absolute Gasteiger partial charge is 0.403 e. The van der Waals surface area contributed by atoms with Gasteiger partial charge in [0.05, 0.1) is 5.56 Å². The van der Waals surface area contributed by atoms with Crippen molar-refractivity contribution in [2.75, 3.05) is 0 Å². The van der Waals surface area contributed by atoms with Crippen molar-refractivity contribution >= 4 is 0 Å². The van der Waals surface area contributed by atoms with Crippen LogP contribution in [0.4, 0.5) is 26.3 Å². The maximum Gasteiger partial charge on any atom is 0.573 e. The van der Waals surface area contributed by atoms with Gasteiger partial charge >= 0.3 is 6.36 Å². The Hall–Kier alpha value is -1.40. The lowest BCUT2D eigenvalue weighted by atomic mass is 10.2. The number of rotatable bonds is 2. The molecule has 1 rings (SSSR count). The van der Waals surface area contributed by atoms with E-state index in [9.17, 15) is 26.3 Å². The summed E-state index contributed by atoms with van der Waals surface area (Å²) in [6.45, 7) is 0. The highest BCUT2D eigenvalue weighted by Gasteiger charge is 2.33. The van der Waals surface area contributed by atoms with Gasteiger partial charge in [-0.05, 0) is 6.07 Å². The van der Waals surface area contributed by atoms with Crippen LogP contribution in [0.5, 0.6) is 5.75 Å². The van der Waals surface area contributed by atoms with E-state index in [4.69, 9.17) is 0 Å². The molecule has 0 aromatic heterocycles. The highest BCUT2D eigenvalue weighted by molar-refractivity contribution is 5.31. The van der Waals surface area contributed by atoms with Gasteiger partial charge in [-0.2, -0.15) is 0 Å². The first-order valence-electron chi connectivity index (χ1n) is 3.63. The molecule has 0 heterocycles. The number of hydrogen-bond acceptors (Lipinski definition) is 1. The van der Waals surface area contributed by atoms with Crippen LogP contribution in [0, 0.1) is 5.82 Å². The minimum atomic E-state index is -5.11. The van der Waals surface area contributed by atoms with Crippen molar-refractivity contribution in [1.82, 2.24) is 0 Å². The largest absolute Gasteiger partial charge is 0.573 e. The molecule has 0 N–H and O–H groups in total. The van der Waals surface area contributed by atoms with Crippen molar-refractivity contribution in [3.05, 3.63) is 29.6 Å². The monoisotopic (exact) mass is 230 g/mol. The molecule has 1 nitrogen and oxygen atoms in total. The van der Waals surface area contributed by atoms with E-state index in [0.29, 0.717) is 12.1 Å². The van der Waals surface area contributed by atoms with Crippen LogP contribution in [0.2, 0.25) is 0 Å². The normalized spacial score (nSPS) is 11.9. The van der Waals surface area contributed by atoms with Crippen molar-refractivity contribution in [1.29, 1.82) is 0 Å². The fourth-order valence-corrected chi connectivity index (χ4v) is 0.900. The number of benzene rings is 1. The second-order valence-electron chi connectivity index (χ2n) is 2.51. The molecule has 0 aliphatic heterocycles. The summed E-state index contributed by atoms with van der Waals surface area (Å²) in [5.74, 6) is -2.97. The van der Waals surface area contributed by atoms with E-state index in [1.165, 1.54) is 0 Å². The van der Waals surface area contributed by atoms with Crippen LogP contribution < -0.4 is 4.74 Å². The average Bonchev–Trinajstić information content (AvgIpc) is 2.05. The van der Waals surface area contributed by atoms with E-state index in [0.717, 1.165) is 6.07 Å². The first-order valence-corrected chi connectivity index (χ1v) is 3.63. The predicted molar refractivity (Wildman–Crippen MR) is 38.0 cm³/mol. The maximum absolute atomic E-state index is 12.9. The fourth-order valence-electron chi connectivity index (χ4n) is 0.900. The zero-order chi connectivity index (χ0) is 11.6. The zero-order valence-corrected chi connectivity index (χ0v) is 6.99. The molecular weight excluding hydrogens is 226 g/mol. The number of alkyl halides is 5. The molecule has 0 saturated heterocycles. The Morgan fingerprint density at radius 2 is 1.73 bits per heavy atom. The molecule has 15 heavy (non-hydrogen) atoms. The van der Waals surface area contributed by atoms with Gasteiger partial charge < -0.3 is 4.74 Å². The summed E-state index contributed by atoms with van der Waals surface area (Å²) >= 11 is 0. The van der Waals surface area contributed by atoms with Gasteiger partial charge in [-0.25, -0.2) is 13.2 Å². The summed E-state index contributed by atoms with van der Waals surface area (Å²) in [5.41, 5.74) is -1.13. The fraction of sp³-hybridized carbons (Fsp3) is 0.250. The van der Waals surface area contributed by atoms with Gasteiger partial charge in [0.25, 0.3) is 6.43 Å². The second-order valence-corrected chi connectivity index (χ2v) is 2.51. The molecule has 7 heteroatoms. The first kappa shape index (κ1) is 11.7. The second kappa shape index (κ2) is 4.00. The highest BCUT2D eigenvalue weighted by Crippen LogP contribution is 2.31. The van der Waals surface area contributed by atoms with E-state index in [2.05, 4.69) is 4.74 Å². The lowest BCUT2D eigenvalue weighted by molar-refractivity contribution is -0.275. The summed E-state index contributed by atoms with van der Waals surface area (Å²) in [6.07, 6.45) is -8.30. The molecular formula is C8H4F6O. The minimum Gasteiger partial charge on any atom is -0.403 e. The Balaban J connectivity index is 3.05. The molecule has 0 atom stereocenters. The first-order chi connectivity index (χ1) is 6.81. The predicted octanol–water partition coefficient (Wildman–Crippen LogP) is 3.66. The summed E-state index contributed by atoms with van der Waals surface area (Å²) in [7, 11) is 0. The topological polar surface area (TPSA) is 9.23 Å². The number of hydrogen-bond donors (Lipinski definition) is 0. The van der Waals surface area contributed by atoms with Crippen LogP contribution in [-0.2, 0) is 0 Å². The third-order valence-corrected chi connectivity index (χ3v) is 1.45. The van der Waals surface area contributed by atoms with Crippen molar-refractivity contribution < 1.29 is 31.1 Å². The van der Waals surface area contributed by atoms with Gasteiger partial charge in [-0.15, -0.1) is 13.2 Å². The Labute approximate surface area is 80.3 Å². The van der Waals surface area contributed by atoms with Crippen LogP contribution in [0.1, 0.15) is 12.0 Å². The van der Waals surface area contributed by atoms with Crippen molar-refractivity contribution in [2.24, 2.45) is 0 Å². The van der Waals surface area contributed by atoms with E-state index in [1.807, 2.05) is 0 Å². The van der Waals surface area contributed by atoms with Gasteiger partial charge in [-0.3, -0.25) is 0 Å². The molecule has 0 bridgehead atoms. The third-order valence-electron chi connectivity index (χ3n) is 1.45. The molecule has 0 amide bonds. The standard InChI is InChI=1S/C8H4F6O/c9-6-4(7(10)11)2-1-3-5(6)15-8(12,13)14/h1-3,7H. The lowest BCUT2D eigenvalue weighted by Crippen LogP contribution is -2.18. The van der Waals surface area contributed by atoms with Crippen LogP contribution in [-0.4, -0.2) is 6.36 Å². The molecule has 0 spiro atoms. The van der Waals surface area contributed by atoms with Gasteiger partial charge in [0.1, 0.15) is 0 Å².